The second-order valence-corrected chi connectivity index (χ2v) is 9.67. The smallest absolute Gasteiger partial charge is 0.243 e. The molecular formula is C30H36N2O6. The summed E-state index contributed by atoms with van der Waals surface area (Å²) in [4.78, 5) is 43.5. The van der Waals surface area contributed by atoms with Gasteiger partial charge in [0.15, 0.2) is 11.5 Å². The van der Waals surface area contributed by atoms with E-state index >= 15 is 0 Å². The standard InChI is InChI=1S/C30H36N2O6/c1-36-26-18-22(19-27(37-2)29(26)38-3)28(34)25(33)20-32-23-13-9-14-24(32)30(35)31(17-15-23)16-8-7-12-21-10-5-4-6-11-21/h4-6,10-11,15,17-19,23-24H,7-9,12-14,16,20H2,1-3H3. The Bertz CT molecular complexity index is 1150. The van der Waals surface area contributed by atoms with E-state index in [4.69, 9.17) is 14.2 Å². The highest BCUT2D eigenvalue weighted by Gasteiger charge is 2.39. The second kappa shape index (κ2) is 12.7. The summed E-state index contributed by atoms with van der Waals surface area (Å²) < 4.78 is 16.0. The van der Waals surface area contributed by atoms with Crippen LogP contribution in [0, 0.1) is 0 Å². The van der Waals surface area contributed by atoms with E-state index in [2.05, 4.69) is 12.1 Å². The number of Topliss-reactive ketones (excluding diaryl/α,β-unsaturated/α-hetero) is 2. The molecule has 0 aromatic heterocycles. The Kier molecular flexibility index (Phi) is 9.18. The third-order valence-electron chi connectivity index (χ3n) is 7.32. The van der Waals surface area contributed by atoms with Crippen LogP contribution in [0.15, 0.2) is 54.7 Å². The number of hydrogen-bond acceptors (Lipinski definition) is 7. The van der Waals surface area contributed by atoms with Crippen molar-refractivity contribution in [1.29, 1.82) is 0 Å². The Morgan fingerprint density at radius 3 is 2.32 bits per heavy atom. The highest BCUT2D eigenvalue weighted by atomic mass is 16.5. The fourth-order valence-corrected chi connectivity index (χ4v) is 5.30. The zero-order chi connectivity index (χ0) is 27.1. The van der Waals surface area contributed by atoms with E-state index in [9.17, 15) is 14.4 Å². The monoisotopic (exact) mass is 520 g/mol. The molecule has 2 aliphatic rings. The molecule has 2 aliphatic heterocycles. The number of carbonyl (C=O) groups excluding carboxylic acids is 3. The maximum absolute atomic E-state index is 13.5. The number of rotatable bonds is 12. The Balaban J connectivity index is 1.42. The molecule has 2 aromatic carbocycles. The molecule has 202 valence electrons. The Labute approximate surface area is 224 Å². The van der Waals surface area contributed by atoms with Gasteiger partial charge in [-0.15, -0.1) is 0 Å². The van der Waals surface area contributed by atoms with Crippen LogP contribution in [0.5, 0.6) is 17.2 Å². The molecule has 8 heteroatoms. The number of ketones is 2. The Morgan fingerprint density at radius 2 is 1.66 bits per heavy atom. The van der Waals surface area contributed by atoms with Crippen molar-refractivity contribution in [3.8, 4) is 17.2 Å². The van der Waals surface area contributed by atoms with Crippen LogP contribution in [-0.4, -0.2) is 73.8 Å². The van der Waals surface area contributed by atoms with Crippen molar-refractivity contribution in [3.63, 3.8) is 0 Å². The molecule has 2 bridgehead atoms. The number of ether oxygens (including phenoxy) is 3. The van der Waals surface area contributed by atoms with Gasteiger partial charge in [-0.2, -0.15) is 0 Å². The predicted octanol–water partition coefficient (Wildman–Crippen LogP) is 4.07. The van der Waals surface area contributed by atoms with Gasteiger partial charge in [0.1, 0.15) is 0 Å². The minimum Gasteiger partial charge on any atom is -0.493 e. The van der Waals surface area contributed by atoms with Crippen molar-refractivity contribution in [2.45, 2.75) is 50.6 Å². The second-order valence-electron chi connectivity index (χ2n) is 9.67. The molecule has 2 unspecified atom stereocenters. The predicted molar refractivity (Wildman–Crippen MR) is 144 cm³/mol. The first kappa shape index (κ1) is 27.4. The molecule has 1 amide bonds. The molecule has 1 fully saturated rings. The number of nitrogens with zero attached hydrogens (tertiary/aromatic N) is 2. The SMILES string of the molecule is COc1cc(C(=O)C(=O)CN2C3C=CN(CCCCc4ccccc4)C(=O)C2CCC3)cc(OC)c1OC. The van der Waals surface area contributed by atoms with Crippen LogP contribution in [0.25, 0.3) is 0 Å². The van der Waals surface area contributed by atoms with Crippen LogP contribution in [0.3, 0.4) is 0 Å². The summed E-state index contributed by atoms with van der Waals surface area (Å²) in [6, 6.07) is 12.8. The average molecular weight is 521 g/mol. The number of methoxy groups -OCH3 is 3. The fraction of sp³-hybridized carbons (Fsp3) is 0.433. The number of aryl methyl sites for hydroxylation is 1. The zero-order valence-corrected chi connectivity index (χ0v) is 22.4. The van der Waals surface area contributed by atoms with Gasteiger partial charge in [0, 0.05) is 24.4 Å². The third kappa shape index (κ3) is 6.07. The average Bonchev–Trinajstić information content (AvgIpc) is 3.01. The Hall–Kier alpha value is -3.65. The number of piperidine rings is 1. The quantitative estimate of drug-likeness (QED) is 0.237. The van der Waals surface area contributed by atoms with Gasteiger partial charge in [-0.25, -0.2) is 0 Å². The van der Waals surface area contributed by atoms with Gasteiger partial charge in [0.2, 0.25) is 23.2 Å². The molecule has 2 aromatic rings. The van der Waals surface area contributed by atoms with Crippen LogP contribution in [0.1, 0.15) is 48.0 Å². The molecule has 1 saturated heterocycles. The number of unbranched alkanes of at least 4 members (excludes halogenated alkanes) is 1. The minimum atomic E-state index is -0.652. The van der Waals surface area contributed by atoms with Crippen LogP contribution in [0.2, 0.25) is 0 Å². The molecular weight excluding hydrogens is 484 g/mol. The molecule has 0 saturated carbocycles. The third-order valence-corrected chi connectivity index (χ3v) is 7.32. The normalized spacial score (nSPS) is 19.1. The highest BCUT2D eigenvalue weighted by Crippen LogP contribution is 2.38. The number of amides is 1. The summed E-state index contributed by atoms with van der Waals surface area (Å²) in [5.41, 5.74) is 1.45. The fourth-order valence-electron chi connectivity index (χ4n) is 5.30. The summed E-state index contributed by atoms with van der Waals surface area (Å²) in [6.45, 7) is 0.514. The number of hydrogen-bond donors (Lipinski definition) is 0. The molecule has 0 spiro atoms. The molecule has 2 atom stereocenters. The zero-order valence-electron chi connectivity index (χ0n) is 22.4. The maximum Gasteiger partial charge on any atom is 0.243 e. The first-order valence-corrected chi connectivity index (χ1v) is 13.1. The van der Waals surface area contributed by atoms with Crippen molar-refractivity contribution in [2.24, 2.45) is 0 Å². The molecule has 0 aliphatic carbocycles. The van der Waals surface area contributed by atoms with Gasteiger partial charge < -0.3 is 19.1 Å². The topological polar surface area (TPSA) is 85.4 Å². The molecule has 38 heavy (non-hydrogen) atoms. The maximum atomic E-state index is 13.5. The van der Waals surface area contributed by atoms with Gasteiger partial charge in [-0.3, -0.25) is 19.3 Å². The lowest BCUT2D eigenvalue weighted by Crippen LogP contribution is -2.53. The van der Waals surface area contributed by atoms with Crippen molar-refractivity contribution in [2.75, 3.05) is 34.4 Å². The lowest BCUT2D eigenvalue weighted by Gasteiger charge is -2.38. The molecule has 0 radical (unpaired) electrons. The van der Waals surface area contributed by atoms with E-state index in [0.717, 1.165) is 32.1 Å². The number of fused-ring (bicyclic) bond motifs is 2. The van der Waals surface area contributed by atoms with Gasteiger partial charge in [-0.1, -0.05) is 36.4 Å². The number of carbonyl (C=O) groups is 3. The lowest BCUT2D eigenvalue weighted by atomic mass is 9.94. The summed E-state index contributed by atoms with van der Waals surface area (Å²) in [5.74, 6) is -0.280. The van der Waals surface area contributed by atoms with Crippen molar-refractivity contribution < 1.29 is 28.6 Å². The molecule has 0 N–H and O–H groups in total. The summed E-state index contributed by atoms with van der Waals surface area (Å²) in [5, 5.41) is 0. The van der Waals surface area contributed by atoms with Crippen LogP contribution >= 0.6 is 0 Å². The van der Waals surface area contributed by atoms with Crippen molar-refractivity contribution in [1.82, 2.24) is 9.80 Å². The van der Waals surface area contributed by atoms with Gasteiger partial charge >= 0.3 is 0 Å². The van der Waals surface area contributed by atoms with E-state index in [-0.39, 0.29) is 24.1 Å². The number of benzene rings is 2. The van der Waals surface area contributed by atoms with E-state index < -0.39 is 17.6 Å². The van der Waals surface area contributed by atoms with Crippen LogP contribution < -0.4 is 14.2 Å². The largest absolute Gasteiger partial charge is 0.493 e. The van der Waals surface area contributed by atoms with Crippen molar-refractivity contribution >= 4 is 17.5 Å². The van der Waals surface area contributed by atoms with Crippen molar-refractivity contribution in [3.05, 3.63) is 65.9 Å². The van der Waals surface area contributed by atoms with Gasteiger partial charge in [0.25, 0.3) is 0 Å². The summed E-state index contributed by atoms with van der Waals surface area (Å²) in [7, 11) is 4.39. The van der Waals surface area contributed by atoms with E-state index in [1.54, 1.807) is 4.90 Å². The lowest BCUT2D eigenvalue weighted by molar-refractivity contribution is -0.136. The van der Waals surface area contributed by atoms with Gasteiger partial charge in [0.05, 0.1) is 33.9 Å². The first-order chi connectivity index (χ1) is 18.5. The van der Waals surface area contributed by atoms with E-state index in [1.165, 1.54) is 39.0 Å². The molecule has 8 nitrogen and oxygen atoms in total. The first-order valence-electron chi connectivity index (χ1n) is 13.1. The van der Waals surface area contributed by atoms with E-state index in [0.29, 0.717) is 30.2 Å². The highest BCUT2D eigenvalue weighted by molar-refractivity contribution is 6.44. The minimum absolute atomic E-state index is 0.00352. The molecule has 2 heterocycles. The van der Waals surface area contributed by atoms with E-state index in [1.807, 2.05) is 35.4 Å². The van der Waals surface area contributed by atoms with Gasteiger partial charge in [-0.05, 0) is 56.2 Å². The summed E-state index contributed by atoms with van der Waals surface area (Å²) in [6.07, 6.45) is 9.14. The van der Waals surface area contributed by atoms with Crippen LogP contribution in [0.4, 0.5) is 0 Å². The van der Waals surface area contributed by atoms with Crippen LogP contribution in [-0.2, 0) is 16.0 Å². The Morgan fingerprint density at radius 1 is 0.947 bits per heavy atom. The molecule has 4 rings (SSSR count). The summed E-state index contributed by atoms with van der Waals surface area (Å²) >= 11 is 0.